The van der Waals surface area contributed by atoms with Crippen molar-refractivity contribution in [2.45, 2.75) is 20.8 Å². The summed E-state index contributed by atoms with van der Waals surface area (Å²) in [6.45, 7) is 7.85. The van der Waals surface area contributed by atoms with Crippen LogP contribution in [0.2, 0.25) is 0 Å². The molecule has 1 aliphatic heterocycles. The summed E-state index contributed by atoms with van der Waals surface area (Å²) in [5.74, 6) is 0.455. The highest BCUT2D eigenvalue weighted by Crippen LogP contribution is 2.24. The molecule has 0 spiro atoms. The Balaban J connectivity index is 2.06. The highest BCUT2D eigenvalue weighted by atomic mass is 32.1. The van der Waals surface area contributed by atoms with E-state index in [0.29, 0.717) is 24.1 Å². The Morgan fingerprint density at radius 1 is 1.42 bits per heavy atom. The van der Waals surface area contributed by atoms with Gasteiger partial charge in [0.15, 0.2) is 0 Å². The van der Waals surface area contributed by atoms with Crippen molar-refractivity contribution in [1.82, 2.24) is 9.88 Å². The summed E-state index contributed by atoms with van der Waals surface area (Å²) in [6.07, 6.45) is 0. The third-order valence-electron chi connectivity index (χ3n) is 3.45. The number of hydrogen-bond donors (Lipinski definition) is 0. The van der Waals surface area contributed by atoms with Gasteiger partial charge in [-0.3, -0.25) is 4.79 Å². The summed E-state index contributed by atoms with van der Waals surface area (Å²) in [5, 5.41) is 1.87. The third kappa shape index (κ3) is 2.94. The van der Waals surface area contributed by atoms with Gasteiger partial charge >= 0.3 is 5.97 Å². The number of ether oxygens (including phenoxy) is 1. The maximum Gasteiger partial charge on any atom is 0.367 e. The Hall–Kier alpha value is -1.43. The van der Waals surface area contributed by atoms with Crippen molar-refractivity contribution in [1.29, 1.82) is 0 Å². The first-order valence-electron chi connectivity index (χ1n) is 6.44. The van der Waals surface area contributed by atoms with E-state index < -0.39 is 5.97 Å². The van der Waals surface area contributed by atoms with Gasteiger partial charge in [0.25, 0.3) is 5.91 Å². The first-order chi connectivity index (χ1) is 9.02. The molecule has 1 aromatic rings. The summed E-state index contributed by atoms with van der Waals surface area (Å²) in [4.78, 5) is 29.6. The molecule has 2 heterocycles. The quantitative estimate of drug-likeness (QED) is 0.796. The highest BCUT2D eigenvalue weighted by Gasteiger charge is 2.31. The van der Waals surface area contributed by atoms with Crippen LogP contribution in [0.3, 0.4) is 0 Å². The molecule has 5 nitrogen and oxygen atoms in total. The largest absolute Gasteiger partial charge is 0.461 e. The maximum atomic E-state index is 12.2. The monoisotopic (exact) mass is 282 g/mol. The first-order valence-corrected chi connectivity index (χ1v) is 7.32. The summed E-state index contributed by atoms with van der Waals surface area (Å²) in [5.41, 5.74) is 0.342. The minimum atomic E-state index is -0.463. The van der Waals surface area contributed by atoms with Crippen LogP contribution in [0.4, 0.5) is 0 Å². The fraction of sp³-hybridized carbons (Fsp3) is 0.615. The predicted octanol–water partition coefficient (Wildman–Crippen LogP) is 2.05. The maximum absolute atomic E-state index is 12.2. The van der Waals surface area contributed by atoms with Gasteiger partial charge < -0.3 is 9.64 Å². The molecular weight excluding hydrogens is 264 g/mol. The lowest BCUT2D eigenvalue weighted by Gasteiger charge is -2.13. The van der Waals surface area contributed by atoms with Crippen molar-refractivity contribution in [3.63, 3.8) is 0 Å². The Morgan fingerprint density at radius 3 is 2.63 bits per heavy atom. The lowest BCUT2D eigenvalue weighted by molar-refractivity contribution is 0.0526. The molecule has 0 radical (unpaired) electrons. The van der Waals surface area contributed by atoms with Crippen molar-refractivity contribution >= 4 is 23.2 Å². The molecule has 1 fully saturated rings. The molecule has 2 unspecified atom stereocenters. The van der Waals surface area contributed by atoms with Crippen LogP contribution in [0.1, 0.15) is 41.1 Å². The van der Waals surface area contributed by atoms with Crippen LogP contribution in [-0.2, 0) is 4.74 Å². The van der Waals surface area contributed by atoms with E-state index in [1.807, 2.05) is 0 Å². The first kappa shape index (κ1) is 14.0. The fourth-order valence-corrected chi connectivity index (χ4v) is 2.80. The number of nitrogens with zero attached hydrogens (tertiary/aromatic N) is 2. The van der Waals surface area contributed by atoms with E-state index in [4.69, 9.17) is 4.74 Å². The van der Waals surface area contributed by atoms with Gasteiger partial charge in [0.2, 0.25) is 5.01 Å². The van der Waals surface area contributed by atoms with Crippen molar-refractivity contribution < 1.29 is 14.3 Å². The van der Waals surface area contributed by atoms with Crippen LogP contribution in [0.5, 0.6) is 0 Å². The van der Waals surface area contributed by atoms with Gasteiger partial charge in [0.1, 0.15) is 5.69 Å². The van der Waals surface area contributed by atoms with Crippen molar-refractivity contribution in [2.24, 2.45) is 11.8 Å². The van der Waals surface area contributed by atoms with Gasteiger partial charge in [-0.05, 0) is 18.8 Å². The second-order valence-corrected chi connectivity index (χ2v) is 5.78. The van der Waals surface area contributed by atoms with Crippen molar-refractivity contribution in [2.75, 3.05) is 19.7 Å². The smallest absolute Gasteiger partial charge is 0.367 e. The van der Waals surface area contributed by atoms with E-state index >= 15 is 0 Å². The number of carbonyl (C=O) groups excluding carboxylic acids is 2. The number of amides is 1. The number of aromatic nitrogens is 1. The molecule has 0 bridgehead atoms. The van der Waals surface area contributed by atoms with E-state index in [9.17, 15) is 9.59 Å². The van der Waals surface area contributed by atoms with Crippen LogP contribution < -0.4 is 0 Å². The predicted molar refractivity (Wildman–Crippen MR) is 72.3 cm³/mol. The Bertz CT molecular complexity index is 476. The minimum absolute atomic E-state index is 0.0944. The second-order valence-electron chi connectivity index (χ2n) is 4.92. The molecule has 19 heavy (non-hydrogen) atoms. The molecule has 0 aromatic carbocycles. The van der Waals surface area contributed by atoms with Gasteiger partial charge in [-0.25, -0.2) is 9.78 Å². The molecule has 1 aromatic heterocycles. The normalized spacial score (nSPS) is 22.6. The van der Waals surface area contributed by atoms with E-state index in [0.717, 1.165) is 24.4 Å². The number of esters is 1. The van der Waals surface area contributed by atoms with Gasteiger partial charge in [0.05, 0.1) is 6.61 Å². The zero-order valence-electron chi connectivity index (χ0n) is 11.4. The molecule has 2 rings (SSSR count). The Morgan fingerprint density at radius 2 is 2.05 bits per heavy atom. The third-order valence-corrected chi connectivity index (χ3v) is 4.27. The number of rotatable bonds is 3. The number of thiazole rings is 1. The van der Waals surface area contributed by atoms with Crippen LogP contribution >= 0.6 is 11.3 Å². The molecule has 1 saturated heterocycles. The summed E-state index contributed by atoms with van der Waals surface area (Å²) >= 11 is 1.15. The molecule has 104 valence electrons. The molecule has 1 amide bonds. The summed E-state index contributed by atoms with van der Waals surface area (Å²) in [6, 6.07) is 0. The topological polar surface area (TPSA) is 59.5 Å². The average Bonchev–Trinajstić information content (AvgIpc) is 2.97. The molecule has 0 N–H and O–H groups in total. The summed E-state index contributed by atoms with van der Waals surface area (Å²) < 4.78 is 4.86. The van der Waals surface area contributed by atoms with Crippen LogP contribution in [-0.4, -0.2) is 41.5 Å². The van der Waals surface area contributed by atoms with E-state index in [-0.39, 0.29) is 10.9 Å². The molecule has 0 saturated carbocycles. The Labute approximate surface area is 116 Å². The number of carbonyl (C=O) groups is 2. The van der Waals surface area contributed by atoms with E-state index in [1.165, 1.54) is 0 Å². The van der Waals surface area contributed by atoms with E-state index in [1.54, 1.807) is 17.2 Å². The lowest BCUT2D eigenvalue weighted by atomic mass is 10.0. The van der Waals surface area contributed by atoms with Crippen LogP contribution in [0.15, 0.2) is 5.38 Å². The van der Waals surface area contributed by atoms with Gasteiger partial charge in [-0.15, -0.1) is 11.3 Å². The van der Waals surface area contributed by atoms with Crippen LogP contribution in [0, 0.1) is 11.8 Å². The highest BCUT2D eigenvalue weighted by molar-refractivity contribution is 7.11. The SMILES string of the molecule is CCOC(=O)c1nc(C(=O)N2CC(C)C(C)C2)cs1. The number of likely N-dealkylation sites (tertiary alicyclic amines) is 1. The lowest BCUT2D eigenvalue weighted by Crippen LogP contribution is -2.29. The zero-order valence-corrected chi connectivity index (χ0v) is 12.2. The Kier molecular flexibility index (Phi) is 4.19. The fourth-order valence-electron chi connectivity index (χ4n) is 2.12. The zero-order chi connectivity index (χ0) is 14.0. The molecular formula is C13H18N2O3S. The minimum Gasteiger partial charge on any atom is -0.461 e. The molecule has 1 aliphatic rings. The van der Waals surface area contributed by atoms with Crippen LogP contribution in [0.25, 0.3) is 0 Å². The van der Waals surface area contributed by atoms with Gasteiger partial charge in [-0.2, -0.15) is 0 Å². The second kappa shape index (κ2) is 5.69. The van der Waals surface area contributed by atoms with Gasteiger partial charge in [0, 0.05) is 18.5 Å². The summed E-state index contributed by atoms with van der Waals surface area (Å²) in [7, 11) is 0. The molecule has 0 aliphatic carbocycles. The molecule has 2 atom stereocenters. The average molecular weight is 282 g/mol. The number of hydrogen-bond acceptors (Lipinski definition) is 5. The van der Waals surface area contributed by atoms with E-state index in [2.05, 4.69) is 18.8 Å². The van der Waals surface area contributed by atoms with Crippen molar-refractivity contribution in [3.05, 3.63) is 16.1 Å². The van der Waals surface area contributed by atoms with Gasteiger partial charge in [-0.1, -0.05) is 13.8 Å². The standard InChI is InChI=1S/C13H18N2O3S/c1-4-18-13(17)11-14-10(7-19-11)12(16)15-5-8(2)9(3)6-15/h7-9H,4-6H2,1-3H3. The molecule has 6 heteroatoms. The van der Waals surface area contributed by atoms with Crippen molar-refractivity contribution in [3.8, 4) is 0 Å².